The molecule has 14 heteroatoms. The van der Waals surface area contributed by atoms with E-state index in [4.69, 9.17) is 23.7 Å². The van der Waals surface area contributed by atoms with Crippen LogP contribution in [0.1, 0.15) is 106 Å². The zero-order valence-corrected chi connectivity index (χ0v) is 39.9. The molecule has 3 heterocycles. The third-order valence-electron chi connectivity index (χ3n) is 14.8. The Labute approximate surface area is 389 Å². The smallest absolute Gasteiger partial charge is 0.329 e. The maximum absolute atomic E-state index is 16.3. The van der Waals surface area contributed by atoms with Crippen LogP contribution in [-0.4, -0.2) is 125 Å². The van der Waals surface area contributed by atoms with Crippen LogP contribution in [0.15, 0.2) is 65.8 Å². The summed E-state index contributed by atoms with van der Waals surface area (Å²) in [5.41, 5.74) is 0.908. The molecule has 6 rings (SSSR count). The number of piperidine rings is 1. The van der Waals surface area contributed by atoms with Gasteiger partial charge in [-0.3, -0.25) is 14.4 Å². The topological polar surface area (TPSA) is 178 Å². The number of cyclic esters (lactones) is 1. The molecule has 2 bridgehead atoms. The average Bonchev–Trinajstić information content (AvgIpc) is 3.31. The van der Waals surface area contributed by atoms with E-state index in [-0.39, 0.29) is 43.9 Å². The molecule has 1 amide bonds. The Hall–Kier alpha value is -4.05. The van der Waals surface area contributed by atoms with Gasteiger partial charge in [-0.15, -0.1) is 0 Å². The Morgan fingerprint density at radius 1 is 0.909 bits per heavy atom. The molecule has 2 aromatic carbocycles. The lowest BCUT2D eigenvalue weighted by Crippen LogP contribution is -2.64. The highest BCUT2D eigenvalue weighted by molar-refractivity contribution is 6.39. The van der Waals surface area contributed by atoms with Crippen molar-refractivity contribution >= 4 is 34.2 Å². The second-order valence-electron chi connectivity index (χ2n) is 19.5. The first kappa shape index (κ1) is 51.3. The summed E-state index contributed by atoms with van der Waals surface area (Å²) < 4.78 is 46.7. The van der Waals surface area contributed by atoms with Crippen molar-refractivity contribution in [3.63, 3.8) is 0 Å². The Balaban J connectivity index is 1.30. The second-order valence-corrected chi connectivity index (χ2v) is 19.5. The molecule has 15 atom stereocenters. The fourth-order valence-corrected chi connectivity index (χ4v) is 10.6. The first-order chi connectivity index (χ1) is 31.4. The van der Waals surface area contributed by atoms with Crippen LogP contribution in [0.4, 0.5) is 4.39 Å². The van der Waals surface area contributed by atoms with Gasteiger partial charge in [0.05, 0.1) is 24.4 Å². The van der Waals surface area contributed by atoms with Gasteiger partial charge in [0.1, 0.15) is 42.1 Å². The fraction of sp³-hybridized carbons (Fsp3) is 0.654. The molecule has 3 N–H and O–H groups in total. The van der Waals surface area contributed by atoms with Gasteiger partial charge in [0.25, 0.3) is 11.7 Å². The number of esters is 1. The second kappa shape index (κ2) is 22.4. The van der Waals surface area contributed by atoms with Gasteiger partial charge < -0.3 is 43.9 Å². The number of Topliss-reactive ketones (excluding diaryl/α,β-unsaturated/α-hetero) is 2. The average molecular weight is 922 g/mol. The number of halogens is 1. The summed E-state index contributed by atoms with van der Waals surface area (Å²) >= 11 is 0. The number of allylic oxidation sites excluding steroid dienone is 3. The molecule has 13 nitrogen and oxygen atoms in total. The van der Waals surface area contributed by atoms with Crippen LogP contribution < -0.4 is 4.74 Å². The Kier molecular flexibility index (Phi) is 17.4. The molecule has 3 fully saturated rings. The van der Waals surface area contributed by atoms with E-state index < -0.39 is 102 Å². The minimum atomic E-state index is -2.62. The Morgan fingerprint density at radius 3 is 2.29 bits per heavy atom. The van der Waals surface area contributed by atoms with E-state index in [1.165, 1.54) is 14.2 Å². The number of hydrogen-bond donors (Lipinski definition) is 3. The van der Waals surface area contributed by atoms with Gasteiger partial charge in [-0.05, 0) is 118 Å². The molecule has 2 saturated heterocycles. The number of amides is 1. The van der Waals surface area contributed by atoms with Crippen LogP contribution in [0, 0.1) is 29.6 Å². The predicted molar refractivity (Wildman–Crippen MR) is 246 cm³/mol. The van der Waals surface area contributed by atoms with E-state index in [9.17, 15) is 34.5 Å². The first-order valence-corrected chi connectivity index (χ1v) is 24.0. The molecule has 0 radical (unpaired) electrons. The van der Waals surface area contributed by atoms with Crippen molar-refractivity contribution < 1.29 is 62.6 Å². The minimum absolute atomic E-state index is 0.0361. The molecule has 2 aromatic rings. The van der Waals surface area contributed by atoms with E-state index >= 15 is 4.39 Å². The van der Waals surface area contributed by atoms with Crippen LogP contribution >= 0.6 is 0 Å². The molecule has 1 aliphatic carbocycles. The molecule has 66 heavy (non-hydrogen) atoms. The quantitative estimate of drug-likeness (QED) is 0.147. The Morgan fingerprint density at radius 2 is 1.61 bits per heavy atom. The standard InChI is InChI=1S/C52H72FNO12/c1-9-35-23-29(2)46(53)30(3)24-44(62-7)48-45(63-8)25-32(5)52(61,66-48)49(58)50(59)54-21-13-12-16-39(54)51(60)65-47(33(6)40(55)28-41(35)56)31(4)22-34-17-20-43(42(57)26-34)64-38-19-18-36-14-10-11-15-37(36)27-38/h10-11,14-15,18-19,22-23,27,30,32-35,39-40,42-48,55,57,61H,9,12-13,16-17,20-21,24-26,28H2,1-8H3/b29-23+,31-22?. The van der Waals surface area contributed by atoms with Gasteiger partial charge in [0, 0.05) is 44.9 Å². The maximum atomic E-state index is 16.3. The van der Waals surface area contributed by atoms with Gasteiger partial charge in [0.2, 0.25) is 5.79 Å². The third kappa shape index (κ3) is 11.4. The molecule has 364 valence electrons. The highest BCUT2D eigenvalue weighted by Crippen LogP contribution is 2.40. The zero-order chi connectivity index (χ0) is 48.0. The van der Waals surface area contributed by atoms with Crippen molar-refractivity contribution in [3.8, 4) is 5.75 Å². The van der Waals surface area contributed by atoms with Crippen molar-refractivity contribution in [1.29, 1.82) is 0 Å². The summed E-state index contributed by atoms with van der Waals surface area (Å²) in [6, 6.07) is 12.6. The monoisotopic (exact) mass is 922 g/mol. The fourth-order valence-electron chi connectivity index (χ4n) is 10.6. The van der Waals surface area contributed by atoms with E-state index in [0.717, 1.165) is 15.7 Å². The summed E-state index contributed by atoms with van der Waals surface area (Å²) in [6.45, 7) is 10.2. The molecule has 15 unspecified atom stereocenters. The number of ether oxygens (including phenoxy) is 5. The number of hydrogen-bond acceptors (Lipinski definition) is 12. The van der Waals surface area contributed by atoms with E-state index in [1.54, 1.807) is 40.7 Å². The number of benzene rings is 2. The largest absolute Gasteiger partial charge is 0.488 e. The van der Waals surface area contributed by atoms with Gasteiger partial charge in [-0.1, -0.05) is 70.2 Å². The number of rotatable bonds is 7. The summed E-state index contributed by atoms with van der Waals surface area (Å²) in [5.74, 6) is -8.69. The van der Waals surface area contributed by atoms with E-state index in [0.29, 0.717) is 55.4 Å². The number of alkyl halides is 1. The minimum Gasteiger partial charge on any atom is -0.488 e. The first-order valence-electron chi connectivity index (χ1n) is 24.0. The predicted octanol–water partition coefficient (Wildman–Crippen LogP) is 7.01. The van der Waals surface area contributed by atoms with Crippen LogP contribution in [0.3, 0.4) is 0 Å². The van der Waals surface area contributed by atoms with E-state index in [2.05, 4.69) is 0 Å². The number of aliphatic hydroxyl groups is 3. The molecule has 1 saturated carbocycles. The maximum Gasteiger partial charge on any atom is 0.329 e. The summed E-state index contributed by atoms with van der Waals surface area (Å²) in [5, 5.41) is 37.3. The number of aliphatic hydroxyl groups excluding tert-OH is 2. The highest BCUT2D eigenvalue weighted by atomic mass is 19.1. The highest BCUT2D eigenvalue weighted by Gasteiger charge is 2.57. The van der Waals surface area contributed by atoms with Crippen molar-refractivity contribution in [2.24, 2.45) is 29.6 Å². The molecule has 0 aromatic heterocycles. The van der Waals surface area contributed by atoms with Gasteiger partial charge in [-0.2, -0.15) is 0 Å². The third-order valence-corrected chi connectivity index (χ3v) is 14.8. The van der Waals surface area contributed by atoms with Crippen molar-refractivity contribution in [3.05, 3.63) is 65.8 Å². The molecular formula is C52H72FNO12. The van der Waals surface area contributed by atoms with Crippen LogP contribution in [0.25, 0.3) is 10.8 Å². The number of nitrogens with zero attached hydrogens (tertiary/aromatic N) is 1. The lowest BCUT2D eigenvalue weighted by molar-refractivity contribution is -0.302. The number of carbonyl (C=O) groups excluding carboxylic acids is 4. The van der Waals surface area contributed by atoms with Crippen molar-refractivity contribution in [1.82, 2.24) is 4.90 Å². The van der Waals surface area contributed by atoms with Crippen molar-refractivity contribution in [2.45, 2.75) is 166 Å². The summed E-state index contributed by atoms with van der Waals surface area (Å²) in [6.07, 6.45) is -1.21. The van der Waals surface area contributed by atoms with Gasteiger partial charge in [0.15, 0.2) is 0 Å². The van der Waals surface area contributed by atoms with Crippen LogP contribution in [0.5, 0.6) is 5.75 Å². The van der Waals surface area contributed by atoms with Gasteiger partial charge >= 0.3 is 5.97 Å². The SMILES string of the molecule is CCC1/C=C(\C)C(F)C(C)CC(OC)C2OC(O)(C(=O)C(=O)N3CCCCC3C(=O)OC(C(C)=CC3CCC(Oc4ccc5ccccc5c4)C(O)C3)C(C)C(O)CC1=O)C(C)CC2OC. The molecule has 4 aliphatic rings. The normalized spacial score (nSPS) is 38.2. The van der Waals surface area contributed by atoms with E-state index in [1.807, 2.05) is 55.5 Å². The number of fused-ring (bicyclic) bond motifs is 4. The lowest BCUT2D eigenvalue weighted by Gasteiger charge is -2.47. The number of methoxy groups -OCH3 is 2. The molecule has 3 aliphatic heterocycles. The van der Waals surface area contributed by atoms with Crippen molar-refractivity contribution in [2.75, 3.05) is 20.8 Å². The molecule has 0 spiro atoms. The lowest BCUT2D eigenvalue weighted by atomic mass is 9.81. The number of carbonyl (C=O) groups is 4. The van der Waals surface area contributed by atoms with Gasteiger partial charge in [-0.25, -0.2) is 9.18 Å². The Bertz CT molecular complexity index is 2090. The van der Waals surface area contributed by atoms with Crippen LogP contribution in [-0.2, 0) is 38.1 Å². The van der Waals surface area contributed by atoms with Crippen LogP contribution in [0.2, 0.25) is 0 Å². The number of ketones is 2. The molecular weight excluding hydrogens is 850 g/mol. The zero-order valence-electron chi connectivity index (χ0n) is 39.9. The summed E-state index contributed by atoms with van der Waals surface area (Å²) in [7, 11) is 2.88. The summed E-state index contributed by atoms with van der Waals surface area (Å²) in [4.78, 5) is 58.2.